The maximum atomic E-state index is 9.58. The van der Waals surface area contributed by atoms with Crippen LogP contribution in [0.1, 0.15) is 65.2 Å². The molecule has 2 fully saturated rings. The zero-order valence-corrected chi connectivity index (χ0v) is 14.2. The molecular formula is C18H33N3. The monoisotopic (exact) mass is 291 g/mol. The van der Waals surface area contributed by atoms with Crippen LogP contribution in [0.15, 0.2) is 0 Å². The fourth-order valence-corrected chi connectivity index (χ4v) is 4.48. The smallest absolute Gasteiger partial charge is 0.109 e. The van der Waals surface area contributed by atoms with Crippen molar-refractivity contribution >= 4 is 0 Å². The Kier molecular flexibility index (Phi) is 6.08. The van der Waals surface area contributed by atoms with Gasteiger partial charge in [-0.15, -0.1) is 0 Å². The van der Waals surface area contributed by atoms with Gasteiger partial charge in [-0.3, -0.25) is 0 Å². The molecule has 2 saturated carbocycles. The minimum absolute atomic E-state index is 0.251. The molecule has 2 rings (SSSR count). The van der Waals surface area contributed by atoms with E-state index in [-0.39, 0.29) is 5.54 Å². The van der Waals surface area contributed by atoms with Gasteiger partial charge in [0, 0.05) is 12.6 Å². The Morgan fingerprint density at radius 2 is 1.95 bits per heavy atom. The molecule has 0 aromatic carbocycles. The maximum Gasteiger partial charge on any atom is 0.109 e. The second-order valence-electron chi connectivity index (χ2n) is 7.54. The molecule has 0 aliphatic heterocycles. The summed E-state index contributed by atoms with van der Waals surface area (Å²) in [5.74, 6) is 1.27. The first-order valence-electron chi connectivity index (χ1n) is 8.95. The number of hydrogen-bond acceptors (Lipinski definition) is 3. The summed E-state index contributed by atoms with van der Waals surface area (Å²) >= 11 is 0. The minimum atomic E-state index is -0.251. The molecule has 0 aromatic heterocycles. The minimum Gasteiger partial charge on any atom is -0.302 e. The number of nitrogens with one attached hydrogen (secondary N) is 1. The largest absolute Gasteiger partial charge is 0.302 e. The van der Waals surface area contributed by atoms with Crippen molar-refractivity contribution in [2.75, 3.05) is 20.1 Å². The summed E-state index contributed by atoms with van der Waals surface area (Å²) in [6.45, 7) is 7.05. The van der Waals surface area contributed by atoms with Crippen LogP contribution >= 0.6 is 0 Å². The third kappa shape index (κ3) is 3.99. The standard InChI is InChI=1S/C18H33N3/c1-15(2)13-21(17-8-4-5-9-17)12-10-16-7-6-11-18(16,14-19)20-3/h15-17,20H,4-13H2,1-3H3. The molecule has 0 bridgehead atoms. The van der Waals surface area contributed by atoms with E-state index in [1.54, 1.807) is 0 Å². The molecule has 3 heteroatoms. The topological polar surface area (TPSA) is 39.1 Å². The molecule has 120 valence electrons. The molecular weight excluding hydrogens is 258 g/mol. The van der Waals surface area contributed by atoms with Gasteiger partial charge in [0.1, 0.15) is 5.54 Å². The van der Waals surface area contributed by atoms with Crippen LogP contribution in [-0.2, 0) is 0 Å². The lowest BCUT2D eigenvalue weighted by Crippen LogP contribution is -2.46. The molecule has 0 saturated heterocycles. The van der Waals surface area contributed by atoms with Crippen LogP contribution in [0.5, 0.6) is 0 Å². The molecule has 2 atom stereocenters. The summed E-state index contributed by atoms with van der Waals surface area (Å²) < 4.78 is 0. The van der Waals surface area contributed by atoms with E-state index in [2.05, 4.69) is 30.1 Å². The van der Waals surface area contributed by atoms with Crippen LogP contribution in [0, 0.1) is 23.2 Å². The molecule has 0 aromatic rings. The molecule has 2 unspecified atom stereocenters. The normalized spacial score (nSPS) is 30.4. The first kappa shape index (κ1) is 16.8. The predicted octanol–water partition coefficient (Wildman–Crippen LogP) is 3.56. The zero-order chi connectivity index (χ0) is 15.3. The Balaban J connectivity index is 1.93. The Labute approximate surface area is 131 Å². The van der Waals surface area contributed by atoms with Crippen molar-refractivity contribution in [1.82, 2.24) is 10.2 Å². The summed E-state index contributed by atoms with van der Waals surface area (Å²) in [6.07, 6.45) is 10.2. The third-order valence-corrected chi connectivity index (χ3v) is 5.67. The molecule has 21 heavy (non-hydrogen) atoms. The summed E-state index contributed by atoms with van der Waals surface area (Å²) in [4.78, 5) is 2.73. The average Bonchev–Trinajstić information content (AvgIpc) is 3.12. The lowest BCUT2D eigenvalue weighted by atomic mass is 9.86. The Morgan fingerprint density at radius 1 is 1.24 bits per heavy atom. The van der Waals surface area contributed by atoms with Crippen molar-refractivity contribution in [3.63, 3.8) is 0 Å². The van der Waals surface area contributed by atoms with Crippen LogP contribution in [-0.4, -0.2) is 36.6 Å². The van der Waals surface area contributed by atoms with E-state index in [9.17, 15) is 5.26 Å². The highest BCUT2D eigenvalue weighted by molar-refractivity contribution is 5.13. The number of nitriles is 1. The molecule has 3 nitrogen and oxygen atoms in total. The van der Waals surface area contributed by atoms with E-state index < -0.39 is 0 Å². The SMILES string of the molecule is CNC1(C#N)CCCC1CCN(CC(C)C)C1CCCC1. The van der Waals surface area contributed by atoms with Crippen LogP contribution in [0.25, 0.3) is 0 Å². The van der Waals surface area contributed by atoms with E-state index in [0.717, 1.165) is 18.4 Å². The van der Waals surface area contributed by atoms with Crippen molar-refractivity contribution in [3.05, 3.63) is 0 Å². The van der Waals surface area contributed by atoms with Crippen LogP contribution < -0.4 is 5.32 Å². The van der Waals surface area contributed by atoms with Crippen molar-refractivity contribution < 1.29 is 0 Å². The summed E-state index contributed by atoms with van der Waals surface area (Å²) in [6, 6.07) is 3.39. The van der Waals surface area contributed by atoms with E-state index >= 15 is 0 Å². The van der Waals surface area contributed by atoms with Gasteiger partial charge in [-0.1, -0.05) is 33.1 Å². The Morgan fingerprint density at radius 3 is 2.52 bits per heavy atom. The molecule has 0 amide bonds. The van der Waals surface area contributed by atoms with Crippen molar-refractivity contribution in [2.24, 2.45) is 11.8 Å². The molecule has 0 radical (unpaired) electrons. The van der Waals surface area contributed by atoms with E-state index in [1.165, 1.54) is 58.0 Å². The number of rotatable bonds is 7. The quantitative estimate of drug-likeness (QED) is 0.779. The van der Waals surface area contributed by atoms with Crippen LogP contribution in [0.3, 0.4) is 0 Å². The van der Waals surface area contributed by atoms with Crippen molar-refractivity contribution in [1.29, 1.82) is 5.26 Å². The van der Waals surface area contributed by atoms with Crippen molar-refractivity contribution in [2.45, 2.75) is 76.8 Å². The summed E-state index contributed by atoms with van der Waals surface area (Å²) in [5.41, 5.74) is -0.251. The van der Waals surface area contributed by atoms with Gasteiger partial charge in [0.25, 0.3) is 0 Å². The van der Waals surface area contributed by atoms with E-state index in [1.807, 2.05) is 7.05 Å². The molecule has 0 spiro atoms. The fraction of sp³-hybridized carbons (Fsp3) is 0.944. The first-order chi connectivity index (χ1) is 10.1. The molecule has 1 N–H and O–H groups in total. The van der Waals surface area contributed by atoms with Gasteiger partial charge in [-0.25, -0.2) is 0 Å². The lowest BCUT2D eigenvalue weighted by Gasteiger charge is -2.34. The first-order valence-corrected chi connectivity index (χ1v) is 8.95. The van der Waals surface area contributed by atoms with E-state index in [4.69, 9.17) is 0 Å². The fourth-order valence-electron chi connectivity index (χ4n) is 4.48. The number of nitrogens with zero attached hydrogens (tertiary/aromatic N) is 2. The molecule has 0 heterocycles. The predicted molar refractivity (Wildman–Crippen MR) is 88.0 cm³/mol. The summed E-state index contributed by atoms with van der Waals surface area (Å²) in [5, 5.41) is 12.9. The van der Waals surface area contributed by atoms with Crippen LogP contribution in [0.2, 0.25) is 0 Å². The zero-order valence-electron chi connectivity index (χ0n) is 14.2. The second-order valence-corrected chi connectivity index (χ2v) is 7.54. The highest BCUT2D eigenvalue weighted by atomic mass is 15.2. The van der Waals surface area contributed by atoms with Gasteiger partial charge >= 0.3 is 0 Å². The van der Waals surface area contributed by atoms with Gasteiger partial charge in [0.05, 0.1) is 6.07 Å². The molecule has 2 aliphatic rings. The summed E-state index contributed by atoms with van der Waals surface area (Å²) in [7, 11) is 1.96. The molecule has 2 aliphatic carbocycles. The van der Waals surface area contributed by atoms with Gasteiger partial charge in [0.15, 0.2) is 0 Å². The van der Waals surface area contributed by atoms with Gasteiger partial charge in [0.2, 0.25) is 0 Å². The Bertz CT molecular complexity index is 354. The second kappa shape index (κ2) is 7.61. The van der Waals surface area contributed by atoms with Gasteiger partial charge in [-0.05, 0) is 57.5 Å². The van der Waals surface area contributed by atoms with Gasteiger partial charge < -0.3 is 10.2 Å². The van der Waals surface area contributed by atoms with Crippen LogP contribution in [0.4, 0.5) is 0 Å². The highest BCUT2D eigenvalue weighted by Gasteiger charge is 2.42. The van der Waals surface area contributed by atoms with Crippen molar-refractivity contribution in [3.8, 4) is 6.07 Å². The number of hydrogen-bond donors (Lipinski definition) is 1. The Hall–Kier alpha value is -0.590. The lowest BCUT2D eigenvalue weighted by molar-refractivity contribution is 0.156. The maximum absolute atomic E-state index is 9.58. The van der Waals surface area contributed by atoms with E-state index in [0.29, 0.717) is 5.92 Å². The third-order valence-electron chi connectivity index (χ3n) is 5.67. The van der Waals surface area contributed by atoms with Gasteiger partial charge in [-0.2, -0.15) is 5.26 Å². The average molecular weight is 291 g/mol. The highest BCUT2D eigenvalue weighted by Crippen LogP contribution is 2.38.